The second kappa shape index (κ2) is 6.94. The maximum absolute atomic E-state index is 13.1. The number of amides is 4. The highest BCUT2D eigenvalue weighted by Gasteiger charge is 2.54. The maximum atomic E-state index is 13.1. The van der Waals surface area contributed by atoms with Crippen LogP contribution in [-0.2, 0) is 11.3 Å². The number of piperidine rings is 1. The molecule has 0 radical (unpaired) electrons. The summed E-state index contributed by atoms with van der Waals surface area (Å²) in [7, 11) is 0. The SMILES string of the molecule is O=C(c1cccn2cnnc12)N1CCC2(CC1)C(=O)NC(=O)N2Cc1ccccc1. The summed E-state index contributed by atoms with van der Waals surface area (Å²) in [5.41, 5.74) is 1.00. The Morgan fingerprint density at radius 3 is 2.60 bits per heavy atom. The third-order valence-corrected chi connectivity index (χ3v) is 6.02. The molecular weight excluding hydrogens is 384 g/mol. The third-order valence-electron chi connectivity index (χ3n) is 6.02. The van der Waals surface area contributed by atoms with E-state index >= 15 is 0 Å². The van der Waals surface area contributed by atoms with Crippen molar-refractivity contribution < 1.29 is 14.4 Å². The lowest BCUT2D eigenvalue weighted by Gasteiger charge is -2.42. The molecule has 0 aliphatic carbocycles. The van der Waals surface area contributed by atoms with Gasteiger partial charge in [0.15, 0.2) is 5.65 Å². The molecule has 152 valence electrons. The van der Waals surface area contributed by atoms with E-state index in [0.717, 1.165) is 5.56 Å². The van der Waals surface area contributed by atoms with Crippen LogP contribution in [0, 0.1) is 0 Å². The molecule has 2 aliphatic rings. The molecule has 0 unspecified atom stereocenters. The molecule has 3 aromatic rings. The molecule has 4 heterocycles. The summed E-state index contributed by atoms with van der Waals surface area (Å²) < 4.78 is 1.70. The van der Waals surface area contributed by atoms with Gasteiger partial charge in [0, 0.05) is 25.8 Å². The molecule has 9 heteroatoms. The fourth-order valence-corrected chi connectivity index (χ4v) is 4.35. The van der Waals surface area contributed by atoms with Gasteiger partial charge in [-0.3, -0.25) is 19.3 Å². The minimum Gasteiger partial charge on any atom is -0.338 e. The summed E-state index contributed by atoms with van der Waals surface area (Å²) in [6.07, 6.45) is 4.11. The second-order valence-electron chi connectivity index (χ2n) is 7.64. The number of likely N-dealkylation sites (tertiary alicyclic amines) is 1. The summed E-state index contributed by atoms with van der Waals surface area (Å²) in [6.45, 7) is 1.10. The summed E-state index contributed by atoms with van der Waals surface area (Å²) in [4.78, 5) is 41.7. The molecule has 9 nitrogen and oxygen atoms in total. The minimum atomic E-state index is -0.926. The van der Waals surface area contributed by atoms with Crippen molar-refractivity contribution >= 4 is 23.5 Å². The van der Waals surface area contributed by atoms with Crippen molar-refractivity contribution in [1.82, 2.24) is 29.7 Å². The van der Waals surface area contributed by atoms with Crippen LogP contribution < -0.4 is 5.32 Å². The van der Waals surface area contributed by atoms with Crippen LogP contribution in [0.2, 0.25) is 0 Å². The smallest absolute Gasteiger partial charge is 0.325 e. The topological polar surface area (TPSA) is 99.9 Å². The molecule has 0 saturated carbocycles. The fourth-order valence-electron chi connectivity index (χ4n) is 4.35. The number of benzene rings is 1. The molecule has 0 atom stereocenters. The fraction of sp³-hybridized carbons (Fsp3) is 0.286. The Balaban J connectivity index is 1.37. The van der Waals surface area contributed by atoms with Gasteiger partial charge in [0.1, 0.15) is 11.9 Å². The van der Waals surface area contributed by atoms with E-state index in [9.17, 15) is 14.4 Å². The van der Waals surface area contributed by atoms with Crippen molar-refractivity contribution in [2.75, 3.05) is 13.1 Å². The van der Waals surface area contributed by atoms with E-state index in [-0.39, 0.29) is 17.8 Å². The number of carbonyl (C=O) groups excluding carboxylic acids is 3. The maximum Gasteiger partial charge on any atom is 0.325 e. The Morgan fingerprint density at radius 1 is 1.07 bits per heavy atom. The largest absolute Gasteiger partial charge is 0.338 e. The monoisotopic (exact) mass is 404 g/mol. The molecule has 4 amide bonds. The van der Waals surface area contributed by atoms with Crippen LogP contribution in [0.15, 0.2) is 55.0 Å². The van der Waals surface area contributed by atoms with Gasteiger partial charge in [-0.2, -0.15) is 0 Å². The van der Waals surface area contributed by atoms with Crippen LogP contribution in [0.1, 0.15) is 28.8 Å². The number of nitrogens with one attached hydrogen (secondary N) is 1. The molecule has 2 fully saturated rings. The van der Waals surface area contributed by atoms with E-state index in [4.69, 9.17) is 0 Å². The van der Waals surface area contributed by atoms with Crippen molar-refractivity contribution in [3.05, 3.63) is 66.1 Å². The van der Waals surface area contributed by atoms with Crippen molar-refractivity contribution in [2.24, 2.45) is 0 Å². The van der Waals surface area contributed by atoms with Gasteiger partial charge in [0.05, 0.1) is 5.56 Å². The summed E-state index contributed by atoms with van der Waals surface area (Å²) >= 11 is 0. The Bertz CT molecular complexity index is 1130. The van der Waals surface area contributed by atoms with Crippen molar-refractivity contribution in [1.29, 1.82) is 0 Å². The van der Waals surface area contributed by atoms with E-state index in [1.54, 1.807) is 38.9 Å². The zero-order chi connectivity index (χ0) is 20.7. The number of hydrogen-bond donors (Lipinski definition) is 1. The van der Waals surface area contributed by atoms with Gasteiger partial charge in [-0.1, -0.05) is 30.3 Å². The average Bonchev–Trinajstić information content (AvgIpc) is 3.34. The molecule has 2 aliphatic heterocycles. The van der Waals surface area contributed by atoms with E-state index < -0.39 is 5.54 Å². The second-order valence-corrected chi connectivity index (χ2v) is 7.64. The highest BCUT2D eigenvalue weighted by molar-refractivity contribution is 6.07. The first-order valence-electron chi connectivity index (χ1n) is 9.83. The van der Waals surface area contributed by atoms with E-state index in [0.29, 0.717) is 43.7 Å². The lowest BCUT2D eigenvalue weighted by atomic mass is 9.85. The highest BCUT2D eigenvalue weighted by Crippen LogP contribution is 2.35. The van der Waals surface area contributed by atoms with E-state index in [2.05, 4.69) is 15.5 Å². The molecular formula is C21H20N6O3. The molecule has 2 aromatic heterocycles. The third kappa shape index (κ3) is 2.81. The Kier molecular flexibility index (Phi) is 4.23. The first kappa shape index (κ1) is 18.3. The van der Waals surface area contributed by atoms with Crippen molar-refractivity contribution in [2.45, 2.75) is 24.9 Å². The summed E-state index contributed by atoms with van der Waals surface area (Å²) in [6, 6.07) is 12.7. The van der Waals surface area contributed by atoms with Crippen LogP contribution in [0.25, 0.3) is 5.65 Å². The number of rotatable bonds is 3. The van der Waals surface area contributed by atoms with Crippen LogP contribution in [0.3, 0.4) is 0 Å². The van der Waals surface area contributed by atoms with Gasteiger partial charge < -0.3 is 9.80 Å². The number of urea groups is 1. The molecule has 0 bridgehead atoms. The van der Waals surface area contributed by atoms with Gasteiger partial charge in [-0.15, -0.1) is 10.2 Å². The summed E-state index contributed by atoms with van der Waals surface area (Å²) in [5.74, 6) is -0.433. The number of imide groups is 1. The Hall–Kier alpha value is -3.75. The van der Waals surface area contributed by atoms with E-state index in [1.807, 2.05) is 30.3 Å². The van der Waals surface area contributed by atoms with Crippen LogP contribution in [0.5, 0.6) is 0 Å². The van der Waals surface area contributed by atoms with E-state index in [1.165, 1.54) is 0 Å². The molecule has 2 saturated heterocycles. The van der Waals surface area contributed by atoms with Gasteiger partial charge in [0.25, 0.3) is 11.8 Å². The Morgan fingerprint density at radius 2 is 1.83 bits per heavy atom. The predicted molar refractivity (Wildman–Crippen MR) is 106 cm³/mol. The minimum absolute atomic E-state index is 0.150. The molecule has 1 spiro atoms. The first-order chi connectivity index (χ1) is 14.6. The van der Waals surface area contributed by atoms with Crippen molar-refractivity contribution in [3.63, 3.8) is 0 Å². The standard InChI is InChI=1S/C21H20N6O3/c28-18(16-7-4-10-26-14-22-24-17(16)26)25-11-8-21(9-12-25)19(29)23-20(30)27(21)13-15-5-2-1-3-6-15/h1-7,10,14H,8-9,11-13H2,(H,23,29,30). The molecule has 30 heavy (non-hydrogen) atoms. The highest BCUT2D eigenvalue weighted by atomic mass is 16.2. The zero-order valence-electron chi connectivity index (χ0n) is 16.2. The molecule has 1 aromatic carbocycles. The van der Waals surface area contributed by atoms with Crippen molar-refractivity contribution in [3.8, 4) is 0 Å². The quantitative estimate of drug-likeness (QED) is 0.666. The van der Waals surface area contributed by atoms with Crippen LogP contribution in [0.4, 0.5) is 4.79 Å². The van der Waals surface area contributed by atoms with Gasteiger partial charge in [0.2, 0.25) is 0 Å². The zero-order valence-corrected chi connectivity index (χ0v) is 16.2. The lowest BCUT2D eigenvalue weighted by molar-refractivity contribution is -0.129. The number of pyridine rings is 1. The van der Waals surface area contributed by atoms with Gasteiger partial charge >= 0.3 is 6.03 Å². The molecule has 1 N–H and O–H groups in total. The number of nitrogens with zero attached hydrogens (tertiary/aromatic N) is 5. The summed E-state index contributed by atoms with van der Waals surface area (Å²) in [5, 5.41) is 10.4. The van der Waals surface area contributed by atoms with Crippen LogP contribution in [-0.4, -0.2) is 60.9 Å². The molecule has 5 rings (SSSR count). The van der Waals surface area contributed by atoms with Gasteiger partial charge in [-0.25, -0.2) is 4.79 Å². The normalized spacial score (nSPS) is 18.3. The van der Waals surface area contributed by atoms with Gasteiger partial charge in [-0.05, 0) is 30.5 Å². The number of fused-ring (bicyclic) bond motifs is 1. The number of aromatic nitrogens is 3. The first-order valence-corrected chi connectivity index (χ1v) is 9.83. The Labute approximate surface area is 172 Å². The predicted octanol–water partition coefficient (Wildman–Crippen LogP) is 1.46. The average molecular weight is 404 g/mol. The van der Waals surface area contributed by atoms with Crippen LogP contribution >= 0.6 is 0 Å². The lowest BCUT2D eigenvalue weighted by Crippen LogP contribution is -2.57. The number of carbonyl (C=O) groups is 3. The number of hydrogen-bond acceptors (Lipinski definition) is 5.